The number of aromatic nitrogens is 1. The molecule has 0 spiro atoms. The lowest BCUT2D eigenvalue weighted by molar-refractivity contribution is 0.261. The highest BCUT2D eigenvalue weighted by Crippen LogP contribution is 2.25. The van der Waals surface area contributed by atoms with Gasteiger partial charge in [-0.3, -0.25) is 10.9 Å². The molecular weight excluding hydrogens is 359 g/mol. The lowest BCUT2D eigenvalue weighted by Gasteiger charge is -2.11. The summed E-state index contributed by atoms with van der Waals surface area (Å²) in [5.74, 6) is 0.241. The predicted octanol–water partition coefficient (Wildman–Crippen LogP) is 3.87. The molecule has 23 heavy (non-hydrogen) atoms. The van der Waals surface area contributed by atoms with Gasteiger partial charge in [-0.05, 0) is 48.6 Å². The molecule has 3 aromatic rings. The minimum absolute atomic E-state index is 0.213. The number of thiazole rings is 1. The van der Waals surface area contributed by atoms with Gasteiger partial charge >= 0.3 is 0 Å². The molecule has 0 aliphatic rings. The van der Waals surface area contributed by atoms with Crippen molar-refractivity contribution < 1.29 is 9.23 Å². The van der Waals surface area contributed by atoms with Gasteiger partial charge in [-0.15, -0.1) is 0 Å². The van der Waals surface area contributed by atoms with Crippen molar-refractivity contribution in [2.45, 2.75) is 0 Å². The van der Waals surface area contributed by atoms with Gasteiger partial charge in [0.2, 0.25) is 10.2 Å². The lowest BCUT2D eigenvalue weighted by atomic mass is 10.3. The summed E-state index contributed by atoms with van der Waals surface area (Å²) >= 11 is 12.2. The molecule has 0 bridgehead atoms. The molecular formula is C14H10ClFN4OS2. The maximum atomic E-state index is 13.1. The van der Waals surface area contributed by atoms with E-state index >= 15 is 0 Å². The number of nitrogens with one attached hydrogen (secondary N) is 3. The van der Waals surface area contributed by atoms with E-state index in [1.54, 1.807) is 30.3 Å². The number of hydroxylamine groups is 1. The molecule has 0 amide bonds. The van der Waals surface area contributed by atoms with Crippen molar-refractivity contribution in [2.75, 3.05) is 5.43 Å². The summed E-state index contributed by atoms with van der Waals surface area (Å²) in [6.45, 7) is 0. The van der Waals surface area contributed by atoms with Crippen LogP contribution in [0.2, 0.25) is 5.02 Å². The average Bonchev–Trinajstić information content (AvgIpc) is 2.94. The predicted molar refractivity (Wildman–Crippen MR) is 94.2 cm³/mol. The summed E-state index contributed by atoms with van der Waals surface area (Å²) in [6, 6.07) is 11.2. The van der Waals surface area contributed by atoms with Crippen LogP contribution in [0.3, 0.4) is 0 Å². The van der Waals surface area contributed by atoms with Crippen molar-refractivity contribution in [1.82, 2.24) is 15.9 Å². The van der Waals surface area contributed by atoms with Crippen molar-refractivity contribution in [1.29, 1.82) is 0 Å². The van der Waals surface area contributed by atoms with Crippen LogP contribution >= 0.6 is 35.2 Å². The van der Waals surface area contributed by atoms with Gasteiger partial charge in [-0.25, -0.2) is 9.37 Å². The van der Waals surface area contributed by atoms with Crippen LogP contribution in [0.15, 0.2) is 42.5 Å². The summed E-state index contributed by atoms with van der Waals surface area (Å²) in [7, 11) is 0. The number of benzene rings is 2. The second kappa shape index (κ2) is 6.95. The van der Waals surface area contributed by atoms with E-state index in [0.29, 0.717) is 21.4 Å². The standard InChI is InChI=1S/C14H10ClFN4OS2/c15-8-1-4-10(5-2-8)21-20-13(22)18-19-14-17-11-7-9(16)3-6-12(11)23-14/h1-7H,(H,17,19)(H2,18,20,22). The highest BCUT2D eigenvalue weighted by atomic mass is 35.5. The molecule has 0 aliphatic carbocycles. The number of fused-ring (bicyclic) bond motifs is 1. The lowest BCUT2D eigenvalue weighted by Crippen LogP contribution is -2.40. The molecule has 0 saturated carbocycles. The molecule has 0 fully saturated rings. The number of anilines is 1. The number of hydrogen-bond donors (Lipinski definition) is 3. The molecule has 0 unspecified atom stereocenters. The van der Waals surface area contributed by atoms with Gasteiger partial charge in [-0.2, -0.15) is 5.48 Å². The maximum Gasteiger partial charge on any atom is 0.218 e. The fourth-order valence-corrected chi connectivity index (χ4v) is 2.72. The first-order chi connectivity index (χ1) is 11.1. The van der Waals surface area contributed by atoms with E-state index in [1.807, 2.05) is 0 Å². The monoisotopic (exact) mass is 368 g/mol. The Bertz CT molecular complexity index is 840. The van der Waals surface area contributed by atoms with Crippen LogP contribution in [-0.4, -0.2) is 10.1 Å². The smallest absolute Gasteiger partial charge is 0.218 e. The first-order valence-electron chi connectivity index (χ1n) is 6.41. The van der Waals surface area contributed by atoms with Gasteiger partial charge in [0.05, 0.1) is 10.2 Å². The minimum Gasteiger partial charge on any atom is -0.380 e. The molecule has 0 radical (unpaired) electrons. The van der Waals surface area contributed by atoms with Crippen molar-refractivity contribution in [2.24, 2.45) is 0 Å². The van der Waals surface area contributed by atoms with Crippen molar-refractivity contribution in [3.8, 4) is 5.75 Å². The Morgan fingerprint density at radius 2 is 2.00 bits per heavy atom. The first kappa shape index (κ1) is 15.7. The Morgan fingerprint density at radius 3 is 2.78 bits per heavy atom. The van der Waals surface area contributed by atoms with Crippen LogP contribution in [0.25, 0.3) is 10.2 Å². The van der Waals surface area contributed by atoms with Crippen molar-refractivity contribution in [3.05, 3.63) is 53.3 Å². The molecule has 0 atom stereocenters. The Morgan fingerprint density at radius 1 is 1.22 bits per heavy atom. The Labute approximate surface area is 145 Å². The second-order valence-electron chi connectivity index (χ2n) is 4.37. The molecule has 3 rings (SSSR count). The molecule has 0 aliphatic heterocycles. The van der Waals surface area contributed by atoms with Crippen LogP contribution in [0, 0.1) is 5.82 Å². The molecule has 1 aromatic heterocycles. The molecule has 118 valence electrons. The van der Waals surface area contributed by atoms with Crippen molar-refractivity contribution in [3.63, 3.8) is 0 Å². The molecule has 1 heterocycles. The number of nitrogens with zero attached hydrogens (tertiary/aromatic N) is 1. The number of hydrogen-bond acceptors (Lipinski definition) is 5. The van der Waals surface area contributed by atoms with Gasteiger partial charge < -0.3 is 4.84 Å². The van der Waals surface area contributed by atoms with Gasteiger partial charge in [0.15, 0.2) is 5.75 Å². The Hall–Kier alpha value is -2.16. The third-order valence-electron chi connectivity index (χ3n) is 2.71. The fourth-order valence-electron chi connectivity index (χ4n) is 1.70. The van der Waals surface area contributed by atoms with E-state index in [0.717, 1.165) is 4.70 Å². The van der Waals surface area contributed by atoms with Crippen molar-refractivity contribution >= 4 is 55.6 Å². The largest absolute Gasteiger partial charge is 0.380 e. The van der Waals surface area contributed by atoms with Gasteiger partial charge in [0, 0.05) is 11.1 Å². The van der Waals surface area contributed by atoms with Crippen LogP contribution in [0.4, 0.5) is 9.52 Å². The van der Waals surface area contributed by atoms with E-state index in [9.17, 15) is 4.39 Å². The second-order valence-corrected chi connectivity index (χ2v) is 6.24. The number of thiocarbonyl (C=S) groups is 1. The molecule has 0 saturated heterocycles. The Kier molecular flexibility index (Phi) is 4.75. The van der Waals surface area contributed by atoms with Crippen LogP contribution in [0.1, 0.15) is 0 Å². The summed E-state index contributed by atoms with van der Waals surface area (Å²) in [5, 5.41) is 1.39. The Balaban J connectivity index is 1.52. The average molecular weight is 369 g/mol. The zero-order valence-electron chi connectivity index (χ0n) is 11.5. The quantitative estimate of drug-likeness (QED) is 0.480. The highest BCUT2D eigenvalue weighted by molar-refractivity contribution is 7.80. The van der Waals surface area contributed by atoms with Gasteiger partial charge in [0.25, 0.3) is 0 Å². The SMILES string of the molecule is Fc1ccc2sc(NNC(=S)NOc3ccc(Cl)cc3)nc2c1. The molecule has 2 aromatic carbocycles. The van der Waals surface area contributed by atoms with Gasteiger partial charge in [0.1, 0.15) is 5.82 Å². The highest BCUT2D eigenvalue weighted by Gasteiger charge is 2.05. The van der Waals surface area contributed by atoms with E-state index in [-0.39, 0.29) is 10.9 Å². The van der Waals surface area contributed by atoms with Gasteiger partial charge in [-0.1, -0.05) is 22.9 Å². The molecule has 3 N–H and O–H groups in total. The topological polar surface area (TPSA) is 58.2 Å². The molecule has 5 nitrogen and oxygen atoms in total. The minimum atomic E-state index is -0.323. The normalized spacial score (nSPS) is 10.3. The number of halogens is 2. The van der Waals surface area contributed by atoms with Crippen LogP contribution in [0.5, 0.6) is 5.75 Å². The first-order valence-corrected chi connectivity index (χ1v) is 8.01. The summed E-state index contributed by atoms with van der Waals surface area (Å²) in [5.41, 5.74) is 8.70. The zero-order chi connectivity index (χ0) is 16.2. The number of rotatable bonds is 4. The summed E-state index contributed by atoms with van der Waals surface area (Å²) in [6.07, 6.45) is 0. The van der Waals surface area contributed by atoms with Crippen LogP contribution in [-0.2, 0) is 0 Å². The zero-order valence-corrected chi connectivity index (χ0v) is 13.9. The fraction of sp³-hybridized carbons (Fsp3) is 0. The third kappa shape index (κ3) is 4.19. The molecule has 9 heteroatoms. The van der Waals surface area contributed by atoms with E-state index in [1.165, 1.54) is 23.5 Å². The van der Waals surface area contributed by atoms with E-state index < -0.39 is 0 Å². The summed E-state index contributed by atoms with van der Waals surface area (Å²) in [4.78, 5) is 9.50. The van der Waals surface area contributed by atoms with Crippen LogP contribution < -0.4 is 21.2 Å². The maximum absolute atomic E-state index is 13.1. The van der Waals surface area contributed by atoms with E-state index in [2.05, 4.69) is 21.3 Å². The summed E-state index contributed by atoms with van der Waals surface area (Å²) < 4.78 is 14.0. The van der Waals surface area contributed by atoms with E-state index in [4.69, 9.17) is 28.7 Å². The third-order valence-corrected chi connectivity index (χ3v) is 4.10. The number of hydrazine groups is 1.